The van der Waals surface area contributed by atoms with Crippen LogP contribution in [0.5, 0.6) is 0 Å². The molecule has 3 heteroatoms. The van der Waals surface area contributed by atoms with Gasteiger partial charge >= 0.3 is 5.97 Å². The van der Waals surface area contributed by atoms with E-state index in [2.05, 4.69) is 11.7 Å². The molecule has 0 aromatic carbocycles. The number of methoxy groups -OCH3 is 1. The summed E-state index contributed by atoms with van der Waals surface area (Å²) in [6, 6.07) is 0. The smallest absolute Gasteiger partial charge is 0.305 e. The lowest BCUT2D eigenvalue weighted by Gasteiger charge is -2.00. The molecule has 0 saturated heterocycles. The molecule has 0 unspecified atom stereocenters. The fourth-order valence-electron chi connectivity index (χ4n) is 2.36. The van der Waals surface area contributed by atoms with Crippen molar-refractivity contribution in [3.63, 3.8) is 0 Å². The Bertz CT molecular complexity index is 308. The van der Waals surface area contributed by atoms with E-state index in [1.165, 1.54) is 32.8 Å². The van der Waals surface area contributed by atoms with Gasteiger partial charge in [-0.3, -0.25) is 9.59 Å². The topological polar surface area (TPSA) is 43.4 Å². The van der Waals surface area contributed by atoms with Gasteiger partial charge in [-0.25, -0.2) is 0 Å². The van der Waals surface area contributed by atoms with Crippen molar-refractivity contribution in [2.45, 2.75) is 90.4 Å². The molecule has 22 heavy (non-hydrogen) atoms. The molecule has 0 atom stereocenters. The first kappa shape index (κ1) is 20.9. The zero-order valence-electron chi connectivity index (χ0n) is 14.6. The highest BCUT2D eigenvalue weighted by molar-refractivity contribution is 5.89. The minimum Gasteiger partial charge on any atom is -0.469 e. The Morgan fingerprint density at radius 2 is 1.41 bits per heavy atom. The normalized spacial score (nSPS) is 11.0. The summed E-state index contributed by atoms with van der Waals surface area (Å²) < 4.78 is 4.60. The summed E-state index contributed by atoms with van der Waals surface area (Å²) in [5.41, 5.74) is 0. The van der Waals surface area contributed by atoms with Gasteiger partial charge in [0.2, 0.25) is 0 Å². The molecule has 0 amide bonds. The van der Waals surface area contributed by atoms with Gasteiger partial charge in [0.25, 0.3) is 0 Å². The Balaban J connectivity index is 3.32. The summed E-state index contributed by atoms with van der Waals surface area (Å²) >= 11 is 0. The number of carbonyl (C=O) groups excluding carboxylic acids is 2. The van der Waals surface area contributed by atoms with Crippen LogP contribution in [0, 0.1) is 0 Å². The van der Waals surface area contributed by atoms with E-state index in [9.17, 15) is 9.59 Å². The van der Waals surface area contributed by atoms with Crippen LogP contribution in [-0.2, 0) is 14.3 Å². The molecule has 0 rings (SSSR count). The molecular weight excluding hydrogens is 276 g/mol. The van der Waals surface area contributed by atoms with Gasteiger partial charge < -0.3 is 4.74 Å². The number of carbonyl (C=O) groups is 2. The number of esters is 1. The van der Waals surface area contributed by atoms with Gasteiger partial charge in [-0.05, 0) is 31.8 Å². The molecule has 0 aliphatic rings. The first-order valence-corrected chi connectivity index (χ1v) is 8.97. The van der Waals surface area contributed by atoms with Crippen LogP contribution in [0.3, 0.4) is 0 Å². The summed E-state index contributed by atoms with van der Waals surface area (Å²) in [5, 5.41) is 0. The first-order chi connectivity index (χ1) is 10.7. The van der Waals surface area contributed by atoms with Crippen LogP contribution in [-0.4, -0.2) is 18.9 Å². The Labute approximate surface area is 136 Å². The summed E-state index contributed by atoms with van der Waals surface area (Å²) in [6.45, 7) is 2.20. The zero-order valence-corrected chi connectivity index (χ0v) is 14.6. The Hall–Kier alpha value is -1.12. The van der Waals surface area contributed by atoms with Crippen molar-refractivity contribution in [3.05, 3.63) is 12.2 Å². The highest BCUT2D eigenvalue weighted by atomic mass is 16.5. The quantitative estimate of drug-likeness (QED) is 0.232. The molecular formula is C19H34O3. The SMILES string of the molecule is CCCCCCCC(=O)/C=C/CCCCCCCC(=O)OC. The molecule has 0 aliphatic carbocycles. The van der Waals surface area contributed by atoms with Crippen molar-refractivity contribution in [1.29, 1.82) is 0 Å². The van der Waals surface area contributed by atoms with E-state index in [0.717, 1.165) is 44.9 Å². The van der Waals surface area contributed by atoms with E-state index >= 15 is 0 Å². The predicted molar refractivity (Wildman–Crippen MR) is 91.9 cm³/mol. The van der Waals surface area contributed by atoms with E-state index in [4.69, 9.17) is 0 Å². The van der Waals surface area contributed by atoms with Gasteiger partial charge in [-0.2, -0.15) is 0 Å². The molecule has 0 bridgehead atoms. The van der Waals surface area contributed by atoms with E-state index in [0.29, 0.717) is 12.8 Å². The first-order valence-electron chi connectivity index (χ1n) is 8.97. The lowest BCUT2D eigenvalue weighted by molar-refractivity contribution is -0.140. The average Bonchev–Trinajstić information content (AvgIpc) is 2.52. The monoisotopic (exact) mass is 310 g/mol. The summed E-state index contributed by atoms with van der Waals surface area (Å²) in [7, 11) is 1.43. The molecule has 0 heterocycles. The second-order valence-electron chi connectivity index (χ2n) is 5.92. The van der Waals surface area contributed by atoms with Gasteiger partial charge in [0.05, 0.1) is 7.11 Å². The fourth-order valence-corrected chi connectivity index (χ4v) is 2.36. The highest BCUT2D eigenvalue weighted by Gasteiger charge is 1.99. The van der Waals surface area contributed by atoms with Gasteiger partial charge in [0, 0.05) is 12.8 Å². The summed E-state index contributed by atoms with van der Waals surface area (Å²) in [6.07, 6.45) is 17.4. The zero-order chi connectivity index (χ0) is 16.5. The molecule has 0 radical (unpaired) electrons. The third-order valence-corrected chi connectivity index (χ3v) is 3.81. The average molecular weight is 310 g/mol. The maximum absolute atomic E-state index is 11.6. The number of rotatable bonds is 15. The third-order valence-electron chi connectivity index (χ3n) is 3.81. The van der Waals surface area contributed by atoms with Gasteiger partial charge in [-0.15, -0.1) is 0 Å². The Morgan fingerprint density at radius 1 is 0.818 bits per heavy atom. The third kappa shape index (κ3) is 15.3. The summed E-state index contributed by atoms with van der Waals surface area (Å²) in [4.78, 5) is 22.5. The number of ketones is 1. The molecule has 3 nitrogen and oxygen atoms in total. The second-order valence-corrected chi connectivity index (χ2v) is 5.92. The van der Waals surface area contributed by atoms with Crippen LogP contribution < -0.4 is 0 Å². The number of unbranched alkanes of at least 4 members (excludes halogenated alkanes) is 9. The van der Waals surface area contributed by atoms with Crippen molar-refractivity contribution >= 4 is 11.8 Å². The minimum absolute atomic E-state index is 0.115. The van der Waals surface area contributed by atoms with Gasteiger partial charge in [0.15, 0.2) is 5.78 Å². The standard InChI is InChI=1S/C19H34O3/c1-3-4-5-9-12-15-18(20)16-13-10-7-6-8-11-14-17-19(21)22-2/h13,16H,3-12,14-15,17H2,1-2H3/b16-13+. The summed E-state index contributed by atoms with van der Waals surface area (Å²) in [5.74, 6) is 0.158. The molecule has 0 aliphatic heterocycles. The maximum Gasteiger partial charge on any atom is 0.305 e. The highest BCUT2D eigenvalue weighted by Crippen LogP contribution is 2.09. The van der Waals surface area contributed by atoms with Crippen molar-refractivity contribution in [2.75, 3.05) is 7.11 Å². The maximum atomic E-state index is 11.6. The molecule has 0 spiro atoms. The van der Waals surface area contributed by atoms with E-state index in [1.54, 1.807) is 6.08 Å². The van der Waals surface area contributed by atoms with E-state index < -0.39 is 0 Å². The van der Waals surface area contributed by atoms with Crippen molar-refractivity contribution in [3.8, 4) is 0 Å². The molecule has 128 valence electrons. The Morgan fingerprint density at radius 3 is 2.09 bits per heavy atom. The predicted octanol–water partition coefficient (Wildman–Crippen LogP) is 5.38. The largest absolute Gasteiger partial charge is 0.469 e. The van der Waals surface area contributed by atoms with Crippen LogP contribution in [0.1, 0.15) is 90.4 Å². The van der Waals surface area contributed by atoms with Crippen LogP contribution in [0.25, 0.3) is 0 Å². The van der Waals surface area contributed by atoms with Gasteiger partial charge in [-0.1, -0.05) is 57.9 Å². The molecule has 0 aromatic rings. The van der Waals surface area contributed by atoms with Crippen molar-refractivity contribution in [2.24, 2.45) is 0 Å². The van der Waals surface area contributed by atoms with Crippen LogP contribution in [0.15, 0.2) is 12.2 Å². The number of allylic oxidation sites excluding steroid dienone is 2. The number of hydrogen-bond acceptors (Lipinski definition) is 3. The fraction of sp³-hybridized carbons (Fsp3) is 0.789. The Kier molecular flexibility index (Phi) is 15.4. The van der Waals surface area contributed by atoms with Crippen molar-refractivity contribution in [1.82, 2.24) is 0 Å². The van der Waals surface area contributed by atoms with Crippen LogP contribution in [0.2, 0.25) is 0 Å². The molecule has 0 saturated carbocycles. The van der Waals surface area contributed by atoms with Crippen LogP contribution in [0.4, 0.5) is 0 Å². The van der Waals surface area contributed by atoms with Gasteiger partial charge in [0.1, 0.15) is 0 Å². The van der Waals surface area contributed by atoms with Crippen molar-refractivity contribution < 1.29 is 14.3 Å². The van der Waals surface area contributed by atoms with E-state index in [-0.39, 0.29) is 11.8 Å². The van der Waals surface area contributed by atoms with E-state index in [1.807, 2.05) is 6.08 Å². The minimum atomic E-state index is -0.115. The number of ether oxygens (including phenoxy) is 1. The molecule has 0 fully saturated rings. The lowest BCUT2D eigenvalue weighted by Crippen LogP contribution is -1.99. The lowest BCUT2D eigenvalue weighted by atomic mass is 10.1. The number of hydrogen-bond donors (Lipinski definition) is 0. The molecule has 0 N–H and O–H groups in total. The molecule has 0 aromatic heterocycles. The second kappa shape index (κ2) is 16.3. The van der Waals surface area contributed by atoms with Crippen LogP contribution >= 0.6 is 0 Å².